The number of carbonyl (C=O) groups excluding carboxylic acids is 1. The van der Waals surface area contributed by atoms with Gasteiger partial charge in [0.15, 0.2) is 10.8 Å². The van der Waals surface area contributed by atoms with Crippen LogP contribution in [-0.4, -0.2) is 64.6 Å². The largest absolute Gasteiger partial charge is 0.462 e. The second kappa shape index (κ2) is 6.82. The van der Waals surface area contributed by atoms with E-state index in [0.717, 1.165) is 23.0 Å². The van der Waals surface area contributed by atoms with E-state index in [0.29, 0.717) is 31.1 Å². The molecule has 3 heterocycles. The van der Waals surface area contributed by atoms with E-state index in [-0.39, 0.29) is 12.0 Å². The van der Waals surface area contributed by atoms with E-state index in [4.69, 9.17) is 4.42 Å². The van der Waals surface area contributed by atoms with Gasteiger partial charge in [-0.05, 0) is 26.0 Å². The van der Waals surface area contributed by atoms with Gasteiger partial charge in [0.05, 0.1) is 12.4 Å². The number of aliphatic hydroxyl groups is 1. The van der Waals surface area contributed by atoms with Crippen LogP contribution in [0.4, 0.5) is 0 Å². The minimum absolute atomic E-state index is 0.0201. The van der Waals surface area contributed by atoms with Gasteiger partial charge >= 0.3 is 0 Å². The molecule has 1 saturated heterocycles. The van der Waals surface area contributed by atoms with Crippen molar-refractivity contribution in [1.82, 2.24) is 14.8 Å². The number of furan rings is 1. The highest BCUT2D eigenvalue weighted by Crippen LogP contribution is 2.28. The summed E-state index contributed by atoms with van der Waals surface area (Å²) in [5.74, 6) is 0.673. The van der Waals surface area contributed by atoms with E-state index >= 15 is 0 Å². The number of β-amino-alcohol motifs (C(OH)–C–C–N with tert-alkyl or cyclic N) is 1. The van der Waals surface area contributed by atoms with Gasteiger partial charge < -0.3 is 14.4 Å². The molecule has 0 spiro atoms. The van der Waals surface area contributed by atoms with E-state index in [9.17, 15) is 9.90 Å². The molecule has 0 saturated carbocycles. The second-order valence-electron chi connectivity index (χ2n) is 5.84. The molecule has 0 aliphatic carbocycles. The standard InChI is InChI=1S/C16H21N3O3S/c1-11(20)10-18-5-7-19(8-6-18)16(21)14-12(2)23-15(17-14)13-4-3-9-22-13/h3-4,9,11,20H,5-8,10H2,1-2H3/t11-/m1/s1. The molecule has 6 nitrogen and oxygen atoms in total. The van der Waals surface area contributed by atoms with Crippen molar-refractivity contribution in [1.29, 1.82) is 0 Å². The van der Waals surface area contributed by atoms with E-state index in [1.165, 1.54) is 11.3 Å². The van der Waals surface area contributed by atoms with Crippen molar-refractivity contribution < 1.29 is 14.3 Å². The van der Waals surface area contributed by atoms with Crippen molar-refractivity contribution in [3.8, 4) is 10.8 Å². The van der Waals surface area contributed by atoms with Crippen LogP contribution in [0.2, 0.25) is 0 Å². The van der Waals surface area contributed by atoms with Gasteiger partial charge in [-0.3, -0.25) is 9.69 Å². The molecule has 1 fully saturated rings. The summed E-state index contributed by atoms with van der Waals surface area (Å²) in [6, 6.07) is 3.66. The van der Waals surface area contributed by atoms with Crippen molar-refractivity contribution >= 4 is 17.2 Å². The Bertz CT molecular complexity index is 658. The highest BCUT2D eigenvalue weighted by atomic mass is 32.1. The van der Waals surface area contributed by atoms with Crippen molar-refractivity contribution in [2.45, 2.75) is 20.0 Å². The van der Waals surface area contributed by atoms with Crippen LogP contribution in [0.1, 0.15) is 22.3 Å². The third-order valence-electron chi connectivity index (χ3n) is 3.91. The van der Waals surface area contributed by atoms with Gasteiger partial charge in [-0.15, -0.1) is 11.3 Å². The number of hydrogen-bond acceptors (Lipinski definition) is 6. The Hall–Kier alpha value is -1.70. The zero-order valence-electron chi connectivity index (χ0n) is 13.4. The SMILES string of the molecule is Cc1sc(-c2ccco2)nc1C(=O)N1CCN(C[C@@H](C)O)CC1. The number of aliphatic hydroxyl groups excluding tert-OH is 1. The average Bonchev–Trinajstić information content (AvgIpc) is 3.16. The Morgan fingerprint density at radius 3 is 2.78 bits per heavy atom. The molecule has 0 bridgehead atoms. The fraction of sp³-hybridized carbons (Fsp3) is 0.500. The van der Waals surface area contributed by atoms with Gasteiger partial charge in [0.2, 0.25) is 0 Å². The second-order valence-corrected chi connectivity index (χ2v) is 7.05. The summed E-state index contributed by atoms with van der Waals surface area (Å²) in [5, 5.41) is 10.2. The number of nitrogens with zero attached hydrogens (tertiary/aromatic N) is 3. The minimum Gasteiger partial charge on any atom is -0.462 e. The molecule has 1 atom stereocenters. The quantitative estimate of drug-likeness (QED) is 0.923. The summed E-state index contributed by atoms with van der Waals surface area (Å²) in [6.45, 7) is 7.25. The lowest BCUT2D eigenvalue weighted by atomic mass is 10.2. The van der Waals surface area contributed by atoms with Crippen LogP contribution in [0.15, 0.2) is 22.8 Å². The number of carbonyl (C=O) groups is 1. The molecule has 0 radical (unpaired) electrons. The summed E-state index contributed by atoms with van der Waals surface area (Å²) in [6.07, 6.45) is 1.27. The molecule has 3 rings (SSSR count). The lowest BCUT2D eigenvalue weighted by molar-refractivity contribution is 0.0549. The number of aromatic nitrogens is 1. The number of piperazine rings is 1. The number of rotatable bonds is 4. The first-order valence-electron chi connectivity index (χ1n) is 7.75. The maximum Gasteiger partial charge on any atom is 0.273 e. The third kappa shape index (κ3) is 3.63. The highest BCUT2D eigenvalue weighted by molar-refractivity contribution is 7.15. The maximum absolute atomic E-state index is 12.7. The topological polar surface area (TPSA) is 69.8 Å². The molecular weight excluding hydrogens is 314 g/mol. The summed E-state index contributed by atoms with van der Waals surface area (Å²) < 4.78 is 5.36. The summed E-state index contributed by atoms with van der Waals surface area (Å²) >= 11 is 1.48. The van der Waals surface area contributed by atoms with E-state index in [1.54, 1.807) is 13.2 Å². The zero-order valence-corrected chi connectivity index (χ0v) is 14.2. The molecule has 1 aliphatic heterocycles. The van der Waals surface area contributed by atoms with Gasteiger partial charge in [-0.25, -0.2) is 4.98 Å². The van der Waals surface area contributed by atoms with Gasteiger partial charge in [-0.2, -0.15) is 0 Å². The maximum atomic E-state index is 12.7. The first-order chi connectivity index (χ1) is 11.0. The molecule has 2 aromatic rings. The molecule has 0 unspecified atom stereocenters. The summed E-state index contributed by atoms with van der Waals surface area (Å²) in [7, 11) is 0. The van der Waals surface area contributed by atoms with Gasteiger partial charge in [0.1, 0.15) is 5.69 Å². The zero-order chi connectivity index (χ0) is 16.4. The van der Waals surface area contributed by atoms with Crippen LogP contribution in [0.3, 0.4) is 0 Å². The Morgan fingerprint density at radius 2 is 2.17 bits per heavy atom. The van der Waals surface area contributed by atoms with Crippen LogP contribution in [0.5, 0.6) is 0 Å². The molecular formula is C16H21N3O3S. The van der Waals surface area contributed by atoms with Gasteiger partial charge in [0, 0.05) is 37.6 Å². The Labute approximate surface area is 139 Å². The van der Waals surface area contributed by atoms with Crippen LogP contribution in [-0.2, 0) is 0 Å². The lowest BCUT2D eigenvalue weighted by Gasteiger charge is -2.35. The first kappa shape index (κ1) is 16.2. The third-order valence-corrected chi connectivity index (χ3v) is 4.90. The van der Waals surface area contributed by atoms with Crippen LogP contribution >= 0.6 is 11.3 Å². The highest BCUT2D eigenvalue weighted by Gasteiger charge is 2.26. The average molecular weight is 335 g/mol. The Kier molecular flexibility index (Phi) is 4.79. The number of thiazole rings is 1. The Morgan fingerprint density at radius 1 is 1.43 bits per heavy atom. The van der Waals surface area contributed by atoms with E-state index < -0.39 is 0 Å². The predicted molar refractivity (Wildman–Crippen MR) is 88.6 cm³/mol. The van der Waals surface area contributed by atoms with Crippen LogP contribution < -0.4 is 0 Å². The molecule has 2 aromatic heterocycles. The van der Waals surface area contributed by atoms with Crippen molar-refractivity contribution in [2.75, 3.05) is 32.7 Å². The van der Waals surface area contributed by atoms with Gasteiger partial charge in [-0.1, -0.05) is 0 Å². The molecule has 1 aliphatic rings. The van der Waals surface area contributed by atoms with E-state index in [1.807, 2.05) is 24.0 Å². The monoisotopic (exact) mass is 335 g/mol. The van der Waals surface area contributed by atoms with Gasteiger partial charge in [0.25, 0.3) is 5.91 Å². The van der Waals surface area contributed by atoms with Crippen molar-refractivity contribution in [3.63, 3.8) is 0 Å². The predicted octanol–water partition coefficient (Wildman–Crippen LogP) is 1.85. The minimum atomic E-state index is -0.339. The molecule has 23 heavy (non-hydrogen) atoms. The first-order valence-corrected chi connectivity index (χ1v) is 8.57. The lowest BCUT2D eigenvalue weighted by Crippen LogP contribution is -2.50. The smallest absolute Gasteiger partial charge is 0.273 e. The number of aryl methyl sites for hydroxylation is 1. The van der Waals surface area contributed by atoms with E-state index in [2.05, 4.69) is 9.88 Å². The fourth-order valence-corrected chi connectivity index (χ4v) is 3.63. The summed E-state index contributed by atoms with van der Waals surface area (Å²) in [4.78, 5) is 22.1. The number of amides is 1. The molecule has 7 heteroatoms. The fourth-order valence-electron chi connectivity index (χ4n) is 2.76. The Balaban J connectivity index is 1.67. The molecule has 1 amide bonds. The van der Waals surface area contributed by atoms with Crippen LogP contribution in [0, 0.1) is 6.92 Å². The van der Waals surface area contributed by atoms with Crippen LogP contribution in [0.25, 0.3) is 10.8 Å². The summed E-state index contributed by atoms with van der Waals surface area (Å²) in [5.41, 5.74) is 0.519. The number of hydrogen-bond donors (Lipinski definition) is 1. The molecule has 1 N–H and O–H groups in total. The molecule has 0 aromatic carbocycles. The van der Waals surface area contributed by atoms with Crippen molar-refractivity contribution in [2.24, 2.45) is 0 Å². The normalized spacial score (nSPS) is 17.4. The molecule has 124 valence electrons. The van der Waals surface area contributed by atoms with Crippen molar-refractivity contribution in [3.05, 3.63) is 29.0 Å².